The Hall–Kier alpha value is -2.69. The lowest BCUT2D eigenvalue weighted by Gasteiger charge is -2.19. The first-order valence-corrected chi connectivity index (χ1v) is 6.47. The molecule has 0 aliphatic heterocycles. The van der Waals surface area contributed by atoms with Crippen LogP contribution >= 0.6 is 0 Å². The van der Waals surface area contributed by atoms with Crippen LogP contribution in [0.1, 0.15) is 12.5 Å². The fourth-order valence-corrected chi connectivity index (χ4v) is 1.63. The summed E-state index contributed by atoms with van der Waals surface area (Å²) < 4.78 is 5.17. The second-order valence-electron chi connectivity index (χ2n) is 3.98. The Labute approximate surface area is 124 Å². The zero-order chi connectivity index (χ0) is 15.7. The molecule has 1 amide bonds. The van der Waals surface area contributed by atoms with Crippen molar-refractivity contribution in [3.63, 3.8) is 0 Å². The third kappa shape index (κ3) is 4.72. The van der Waals surface area contributed by atoms with Crippen molar-refractivity contribution in [3.05, 3.63) is 61.3 Å². The molecule has 0 aliphatic carbocycles. The Morgan fingerprint density at radius 1 is 1.29 bits per heavy atom. The molecule has 0 bridgehead atoms. The largest absolute Gasteiger partial charge is 0.455 e. The Balaban J connectivity index is 2.83. The fourth-order valence-electron chi connectivity index (χ4n) is 1.63. The van der Waals surface area contributed by atoms with Gasteiger partial charge in [0.15, 0.2) is 0 Å². The van der Waals surface area contributed by atoms with Gasteiger partial charge in [-0.15, -0.1) is 0 Å². The highest BCUT2D eigenvalue weighted by molar-refractivity contribution is 6.38. The lowest BCUT2D eigenvalue weighted by Crippen LogP contribution is -2.41. The van der Waals surface area contributed by atoms with Crippen molar-refractivity contribution in [1.29, 1.82) is 0 Å². The summed E-state index contributed by atoms with van der Waals surface area (Å²) in [6.07, 6.45) is 2.31. The Morgan fingerprint density at radius 2 is 1.95 bits per heavy atom. The molecule has 0 fully saturated rings. The van der Waals surface area contributed by atoms with Crippen LogP contribution in [0.5, 0.6) is 0 Å². The summed E-state index contributed by atoms with van der Waals surface area (Å²) in [5.41, 5.74) is 0.849. The van der Waals surface area contributed by atoms with E-state index in [1.54, 1.807) is 6.92 Å². The van der Waals surface area contributed by atoms with E-state index in [1.165, 1.54) is 11.1 Å². The highest BCUT2D eigenvalue weighted by Crippen LogP contribution is 2.04. The number of likely N-dealkylation sites (N-methyl/N-ethyl adjacent to an activating group) is 1. The van der Waals surface area contributed by atoms with Crippen LogP contribution in [-0.2, 0) is 20.9 Å². The summed E-state index contributed by atoms with van der Waals surface area (Å²) in [7, 11) is 0. The van der Waals surface area contributed by atoms with Gasteiger partial charge in [-0.1, -0.05) is 43.5 Å². The molecule has 0 atom stereocenters. The Morgan fingerprint density at radius 3 is 2.48 bits per heavy atom. The van der Waals surface area contributed by atoms with Crippen molar-refractivity contribution in [2.75, 3.05) is 6.54 Å². The Kier molecular flexibility index (Phi) is 6.60. The molecule has 0 N–H and O–H groups in total. The van der Waals surface area contributed by atoms with Crippen molar-refractivity contribution in [2.24, 2.45) is 4.99 Å². The van der Waals surface area contributed by atoms with Crippen LogP contribution in [-0.4, -0.2) is 29.2 Å². The van der Waals surface area contributed by atoms with Gasteiger partial charge in [0.05, 0.1) is 0 Å². The van der Waals surface area contributed by atoms with E-state index in [4.69, 9.17) is 4.74 Å². The minimum Gasteiger partial charge on any atom is -0.455 e. The van der Waals surface area contributed by atoms with Crippen LogP contribution in [0.15, 0.2) is 60.8 Å². The Bertz CT molecular complexity index is 550. The zero-order valence-electron chi connectivity index (χ0n) is 12.0. The first-order valence-electron chi connectivity index (χ1n) is 6.47. The van der Waals surface area contributed by atoms with E-state index in [9.17, 15) is 9.59 Å². The zero-order valence-corrected chi connectivity index (χ0v) is 12.0. The van der Waals surface area contributed by atoms with E-state index in [0.29, 0.717) is 0 Å². The number of ether oxygens (including phenoxy) is 1. The van der Waals surface area contributed by atoms with Crippen molar-refractivity contribution >= 4 is 17.7 Å². The first kappa shape index (κ1) is 16.4. The summed E-state index contributed by atoms with van der Waals surface area (Å²) in [6.45, 7) is 8.95. The van der Waals surface area contributed by atoms with E-state index in [2.05, 4.69) is 18.2 Å². The minimum atomic E-state index is -0.684. The molecule has 0 unspecified atom stereocenters. The van der Waals surface area contributed by atoms with Crippen LogP contribution in [0.25, 0.3) is 0 Å². The maximum atomic E-state index is 12.1. The average molecular weight is 286 g/mol. The highest BCUT2D eigenvalue weighted by Gasteiger charge is 2.23. The number of benzene rings is 1. The SMILES string of the molecule is C=CN=C(C(=O)OCc1ccccc1)N(CC)C(=O)C=C. The van der Waals surface area contributed by atoms with Gasteiger partial charge in [0.25, 0.3) is 5.91 Å². The summed E-state index contributed by atoms with van der Waals surface area (Å²) >= 11 is 0. The molecule has 21 heavy (non-hydrogen) atoms. The van der Waals surface area contributed by atoms with Crippen LogP contribution in [0, 0.1) is 0 Å². The lowest BCUT2D eigenvalue weighted by atomic mass is 10.2. The lowest BCUT2D eigenvalue weighted by molar-refractivity contribution is -0.139. The van der Waals surface area contributed by atoms with Gasteiger partial charge in [0.1, 0.15) is 6.61 Å². The van der Waals surface area contributed by atoms with E-state index < -0.39 is 11.9 Å². The van der Waals surface area contributed by atoms with Gasteiger partial charge in [-0.25, -0.2) is 9.79 Å². The quantitative estimate of drug-likeness (QED) is 0.361. The minimum absolute atomic E-state index is 0.103. The third-order valence-electron chi connectivity index (χ3n) is 2.62. The van der Waals surface area contributed by atoms with Crippen LogP contribution in [0.2, 0.25) is 0 Å². The second kappa shape index (κ2) is 8.47. The molecule has 0 saturated carbocycles. The molecular weight excluding hydrogens is 268 g/mol. The summed E-state index contributed by atoms with van der Waals surface area (Å²) in [4.78, 5) is 28.8. The van der Waals surface area contributed by atoms with Crippen LogP contribution < -0.4 is 0 Å². The number of nitrogens with zero attached hydrogens (tertiary/aromatic N) is 2. The van der Waals surface area contributed by atoms with Gasteiger partial charge >= 0.3 is 5.97 Å². The predicted molar refractivity (Wildman–Crippen MR) is 81.5 cm³/mol. The van der Waals surface area contributed by atoms with Crippen LogP contribution in [0.4, 0.5) is 0 Å². The number of rotatable bonds is 5. The fraction of sp³-hybridized carbons (Fsp3) is 0.188. The molecule has 0 aliphatic rings. The molecule has 1 rings (SSSR count). The summed E-state index contributed by atoms with van der Waals surface area (Å²) in [5.74, 6) is -1.21. The molecule has 5 heteroatoms. The molecule has 1 aromatic rings. The van der Waals surface area contributed by atoms with Gasteiger partial charge in [-0.2, -0.15) is 0 Å². The van der Waals surface area contributed by atoms with E-state index >= 15 is 0 Å². The van der Waals surface area contributed by atoms with Crippen molar-refractivity contribution in [2.45, 2.75) is 13.5 Å². The first-order chi connectivity index (χ1) is 10.1. The number of hydrogen-bond donors (Lipinski definition) is 0. The molecule has 110 valence electrons. The van der Waals surface area contributed by atoms with Crippen molar-refractivity contribution in [1.82, 2.24) is 4.90 Å². The summed E-state index contributed by atoms with van der Waals surface area (Å²) in [5, 5.41) is 0. The monoisotopic (exact) mass is 286 g/mol. The molecule has 0 heterocycles. The number of hydrogen-bond acceptors (Lipinski definition) is 4. The van der Waals surface area contributed by atoms with E-state index in [-0.39, 0.29) is 19.0 Å². The number of carbonyl (C=O) groups is 2. The standard InChI is InChI=1S/C16H18N2O3/c1-4-14(19)18(6-3)15(17-5-2)16(20)21-12-13-10-8-7-9-11-13/h4-5,7-11H,1-2,6,12H2,3H3. The molecule has 0 saturated heterocycles. The molecule has 0 spiro atoms. The molecule has 0 radical (unpaired) electrons. The number of amides is 1. The second-order valence-corrected chi connectivity index (χ2v) is 3.98. The number of amidine groups is 1. The number of esters is 1. The van der Waals surface area contributed by atoms with Crippen molar-refractivity contribution < 1.29 is 14.3 Å². The highest BCUT2D eigenvalue weighted by atomic mass is 16.5. The van der Waals surface area contributed by atoms with Crippen LogP contribution in [0.3, 0.4) is 0 Å². The molecular formula is C16H18N2O3. The van der Waals surface area contributed by atoms with E-state index in [0.717, 1.165) is 11.6 Å². The molecule has 0 aromatic heterocycles. The van der Waals surface area contributed by atoms with Gasteiger partial charge in [-0.3, -0.25) is 9.69 Å². The predicted octanol–water partition coefficient (Wildman–Crippen LogP) is 2.31. The maximum absolute atomic E-state index is 12.1. The average Bonchev–Trinajstić information content (AvgIpc) is 2.53. The van der Waals surface area contributed by atoms with Gasteiger partial charge < -0.3 is 4.74 Å². The number of aliphatic imine (C=N–C) groups is 1. The van der Waals surface area contributed by atoms with Gasteiger partial charge in [-0.05, 0) is 18.6 Å². The summed E-state index contributed by atoms with van der Waals surface area (Å²) in [6, 6.07) is 9.24. The molecule has 5 nitrogen and oxygen atoms in total. The smallest absolute Gasteiger partial charge is 0.374 e. The normalized spacial score (nSPS) is 10.6. The van der Waals surface area contributed by atoms with Crippen molar-refractivity contribution in [3.8, 4) is 0 Å². The van der Waals surface area contributed by atoms with Gasteiger partial charge in [0.2, 0.25) is 5.84 Å². The molecule has 1 aromatic carbocycles. The maximum Gasteiger partial charge on any atom is 0.374 e. The topological polar surface area (TPSA) is 59.0 Å². The number of carbonyl (C=O) groups excluding carboxylic acids is 2. The van der Waals surface area contributed by atoms with E-state index in [1.807, 2.05) is 30.3 Å². The van der Waals surface area contributed by atoms with Gasteiger partial charge in [0, 0.05) is 12.7 Å². The third-order valence-corrected chi connectivity index (χ3v) is 2.62.